The van der Waals surface area contributed by atoms with Crippen LogP contribution in [0.3, 0.4) is 0 Å². The minimum absolute atomic E-state index is 0.00315. The van der Waals surface area contributed by atoms with Crippen molar-refractivity contribution in [2.75, 3.05) is 19.6 Å². The van der Waals surface area contributed by atoms with E-state index in [2.05, 4.69) is 20.9 Å². The van der Waals surface area contributed by atoms with E-state index < -0.39 is 0 Å². The van der Waals surface area contributed by atoms with Crippen molar-refractivity contribution in [1.82, 2.24) is 24.8 Å². The van der Waals surface area contributed by atoms with Gasteiger partial charge in [0.1, 0.15) is 5.82 Å². The summed E-state index contributed by atoms with van der Waals surface area (Å²) in [5.74, 6) is 1.39. The molecule has 1 unspecified atom stereocenters. The number of carbonyl (C=O) groups excluding carboxylic acids is 1. The third-order valence-electron chi connectivity index (χ3n) is 6.89. The van der Waals surface area contributed by atoms with Gasteiger partial charge in [-0.1, -0.05) is 18.9 Å². The van der Waals surface area contributed by atoms with Crippen LogP contribution in [0.15, 0.2) is 29.3 Å². The Morgan fingerprint density at radius 1 is 1.20 bits per heavy atom. The average Bonchev–Trinajstić information content (AvgIpc) is 3.46. The number of hydrogen-bond donors (Lipinski definition) is 1. The number of fused-ring (bicyclic) bond motifs is 1. The van der Waals surface area contributed by atoms with E-state index in [0.717, 1.165) is 62.4 Å². The molecule has 30 heavy (non-hydrogen) atoms. The predicted octanol–water partition coefficient (Wildman–Crippen LogP) is 2.23. The lowest BCUT2D eigenvalue weighted by Crippen LogP contribution is -2.36. The van der Waals surface area contributed by atoms with Crippen molar-refractivity contribution in [3.8, 4) is 0 Å². The molecule has 1 atom stereocenters. The number of aromatic amines is 1. The minimum Gasteiger partial charge on any atom is -0.342 e. The lowest BCUT2D eigenvalue weighted by atomic mass is 10.0. The van der Waals surface area contributed by atoms with E-state index in [0.29, 0.717) is 19.0 Å². The molecule has 5 rings (SSSR count). The van der Waals surface area contributed by atoms with Crippen molar-refractivity contribution in [3.63, 3.8) is 0 Å². The molecule has 2 fully saturated rings. The highest BCUT2D eigenvalue weighted by molar-refractivity contribution is 5.79. The Hall–Kier alpha value is -2.54. The fourth-order valence-corrected chi connectivity index (χ4v) is 5.21. The summed E-state index contributed by atoms with van der Waals surface area (Å²) in [4.78, 5) is 41.9. The van der Waals surface area contributed by atoms with Gasteiger partial charge in [-0.15, -0.1) is 0 Å². The van der Waals surface area contributed by atoms with Crippen molar-refractivity contribution >= 4 is 5.91 Å². The van der Waals surface area contributed by atoms with E-state index in [1.54, 1.807) is 6.20 Å². The van der Waals surface area contributed by atoms with Crippen molar-refractivity contribution in [3.05, 3.63) is 57.5 Å². The molecule has 0 aromatic carbocycles. The molecule has 0 radical (unpaired) electrons. The summed E-state index contributed by atoms with van der Waals surface area (Å²) in [7, 11) is 0. The highest BCUT2D eigenvalue weighted by atomic mass is 16.2. The largest absolute Gasteiger partial charge is 0.342 e. The van der Waals surface area contributed by atoms with Crippen LogP contribution in [-0.4, -0.2) is 50.3 Å². The average molecular weight is 408 g/mol. The van der Waals surface area contributed by atoms with Gasteiger partial charge in [-0.3, -0.25) is 19.5 Å². The van der Waals surface area contributed by atoms with Crippen LogP contribution in [0.1, 0.15) is 60.7 Å². The predicted molar refractivity (Wildman–Crippen MR) is 113 cm³/mol. The van der Waals surface area contributed by atoms with Crippen LogP contribution >= 0.6 is 0 Å². The highest BCUT2D eigenvalue weighted by Crippen LogP contribution is 2.31. The Morgan fingerprint density at radius 3 is 2.87 bits per heavy atom. The van der Waals surface area contributed by atoms with Crippen LogP contribution in [0.5, 0.6) is 0 Å². The Bertz CT molecular complexity index is 967. The summed E-state index contributed by atoms with van der Waals surface area (Å²) in [6.45, 7) is 3.78. The van der Waals surface area contributed by atoms with Crippen LogP contribution in [0, 0.1) is 5.92 Å². The molecular formula is C23H29N5O2. The second-order valence-electron chi connectivity index (χ2n) is 8.95. The number of rotatable bonds is 4. The molecule has 7 nitrogen and oxygen atoms in total. The molecule has 2 aliphatic heterocycles. The molecule has 1 saturated carbocycles. The topological polar surface area (TPSA) is 82.2 Å². The molecule has 2 aromatic rings. The van der Waals surface area contributed by atoms with Gasteiger partial charge in [0.15, 0.2) is 0 Å². The number of aromatic nitrogens is 3. The molecule has 0 bridgehead atoms. The fraction of sp³-hybridized carbons (Fsp3) is 0.565. The van der Waals surface area contributed by atoms with Crippen molar-refractivity contribution < 1.29 is 4.79 Å². The molecule has 0 spiro atoms. The van der Waals surface area contributed by atoms with Gasteiger partial charge in [0, 0.05) is 62.5 Å². The summed E-state index contributed by atoms with van der Waals surface area (Å²) < 4.78 is 0. The van der Waals surface area contributed by atoms with E-state index in [4.69, 9.17) is 4.98 Å². The molecule has 158 valence electrons. The van der Waals surface area contributed by atoms with Gasteiger partial charge in [0.25, 0.3) is 5.56 Å². The molecule has 4 heterocycles. The Morgan fingerprint density at radius 2 is 2.07 bits per heavy atom. The zero-order valence-electron chi connectivity index (χ0n) is 17.3. The molecule has 7 heteroatoms. The summed E-state index contributed by atoms with van der Waals surface area (Å²) >= 11 is 0. The second-order valence-corrected chi connectivity index (χ2v) is 8.95. The quantitative estimate of drug-likeness (QED) is 0.841. The molecule has 1 saturated heterocycles. The van der Waals surface area contributed by atoms with Gasteiger partial charge in [0.2, 0.25) is 5.91 Å². The van der Waals surface area contributed by atoms with Crippen LogP contribution in [0.2, 0.25) is 0 Å². The Labute approximate surface area is 176 Å². The van der Waals surface area contributed by atoms with E-state index in [1.807, 2.05) is 17.2 Å². The number of carbonyl (C=O) groups is 1. The summed E-state index contributed by atoms with van der Waals surface area (Å²) in [5.41, 5.74) is 2.88. The smallest absolute Gasteiger partial charge is 0.254 e. The zero-order valence-corrected chi connectivity index (χ0v) is 17.3. The standard InChI is InChI=1S/C23H29N5O2/c29-22-19-8-10-27(13-16-4-3-9-24-12-16)15-20(19)25-21(26-22)18-7-11-28(14-18)23(30)17-5-1-2-6-17/h3-4,9,12,17-18H,1-2,5-8,10-11,13-15H2,(H,25,26,29). The number of pyridine rings is 1. The molecule has 1 N–H and O–H groups in total. The molecule has 1 amide bonds. The maximum Gasteiger partial charge on any atom is 0.254 e. The lowest BCUT2D eigenvalue weighted by Gasteiger charge is -2.28. The fourth-order valence-electron chi connectivity index (χ4n) is 5.21. The molecule has 3 aliphatic rings. The van der Waals surface area contributed by atoms with Gasteiger partial charge >= 0.3 is 0 Å². The van der Waals surface area contributed by atoms with Gasteiger partial charge in [-0.05, 0) is 37.3 Å². The number of hydrogen-bond acceptors (Lipinski definition) is 5. The number of nitrogens with one attached hydrogen (secondary N) is 1. The lowest BCUT2D eigenvalue weighted by molar-refractivity contribution is -0.134. The van der Waals surface area contributed by atoms with Crippen molar-refractivity contribution in [2.24, 2.45) is 5.92 Å². The van der Waals surface area contributed by atoms with Crippen LogP contribution in [0.4, 0.5) is 0 Å². The van der Waals surface area contributed by atoms with Gasteiger partial charge in [-0.2, -0.15) is 0 Å². The Kier molecular flexibility index (Phi) is 5.37. The number of amides is 1. The van der Waals surface area contributed by atoms with Gasteiger partial charge < -0.3 is 9.88 Å². The summed E-state index contributed by atoms with van der Waals surface area (Å²) in [5, 5.41) is 0. The maximum absolute atomic E-state index is 12.8. The van der Waals surface area contributed by atoms with Gasteiger partial charge in [-0.25, -0.2) is 4.98 Å². The normalized spacial score (nSPS) is 22.4. The van der Waals surface area contributed by atoms with Crippen LogP contribution in [0.25, 0.3) is 0 Å². The maximum atomic E-state index is 12.8. The van der Waals surface area contributed by atoms with E-state index in [-0.39, 0.29) is 17.4 Å². The number of H-pyrrole nitrogens is 1. The van der Waals surface area contributed by atoms with Crippen molar-refractivity contribution in [1.29, 1.82) is 0 Å². The Balaban J connectivity index is 1.29. The van der Waals surface area contributed by atoms with Crippen molar-refractivity contribution in [2.45, 2.75) is 57.5 Å². The van der Waals surface area contributed by atoms with Gasteiger partial charge in [0.05, 0.1) is 5.69 Å². The third-order valence-corrected chi connectivity index (χ3v) is 6.89. The molecule has 2 aromatic heterocycles. The first kappa shape index (κ1) is 19.4. The van der Waals surface area contributed by atoms with Crippen LogP contribution in [-0.2, 0) is 24.3 Å². The first-order valence-corrected chi connectivity index (χ1v) is 11.2. The number of nitrogens with zero attached hydrogens (tertiary/aromatic N) is 4. The summed E-state index contributed by atoms with van der Waals surface area (Å²) in [6.07, 6.45) is 9.66. The monoisotopic (exact) mass is 407 g/mol. The summed E-state index contributed by atoms with van der Waals surface area (Å²) in [6, 6.07) is 4.03. The number of likely N-dealkylation sites (tertiary alicyclic amines) is 1. The van der Waals surface area contributed by atoms with E-state index >= 15 is 0 Å². The molecule has 1 aliphatic carbocycles. The third kappa shape index (κ3) is 3.90. The van der Waals surface area contributed by atoms with E-state index in [1.165, 1.54) is 18.4 Å². The van der Waals surface area contributed by atoms with E-state index in [9.17, 15) is 9.59 Å². The first-order valence-electron chi connectivity index (χ1n) is 11.2. The molecular weight excluding hydrogens is 378 g/mol. The van der Waals surface area contributed by atoms with Crippen LogP contribution < -0.4 is 5.56 Å². The minimum atomic E-state index is -0.00315. The zero-order chi connectivity index (χ0) is 20.5. The highest BCUT2D eigenvalue weighted by Gasteiger charge is 2.34. The first-order chi connectivity index (χ1) is 14.7. The second kappa shape index (κ2) is 8.30. The SMILES string of the molecule is O=C(C1CCCC1)N1CCC(c2nc3c(c(=O)[nH]2)CCN(Cc2cccnc2)C3)C1.